The van der Waals surface area contributed by atoms with Gasteiger partial charge in [0.25, 0.3) is 0 Å². The second-order valence-corrected chi connectivity index (χ2v) is 7.27. The molecule has 1 aromatic heterocycles. The summed E-state index contributed by atoms with van der Waals surface area (Å²) in [5.74, 6) is -0.839. The van der Waals surface area contributed by atoms with E-state index in [1.807, 2.05) is 24.3 Å². The lowest BCUT2D eigenvalue weighted by Crippen LogP contribution is -2.47. The van der Waals surface area contributed by atoms with Crippen LogP contribution in [0, 0.1) is 0 Å². The minimum Gasteiger partial charge on any atom is -0.478 e. The number of rotatable bonds is 1. The van der Waals surface area contributed by atoms with Crippen molar-refractivity contribution in [3.05, 3.63) is 65.4 Å². The lowest BCUT2D eigenvalue weighted by atomic mass is 10.0. The number of para-hydroxylation sites is 2. The maximum absolute atomic E-state index is 12.2. The number of hydrogen-bond acceptors (Lipinski definition) is 3. The first-order chi connectivity index (χ1) is 12.6. The number of carboxylic acid groups (broad SMARTS) is 1. The van der Waals surface area contributed by atoms with Crippen LogP contribution in [0.3, 0.4) is 0 Å². The summed E-state index contributed by atoms with van der Waals surface area (Å²) in [5.41, 5.74) is 4.87. The van der Waals surface area contributed by atoms with Crippen LogP contribution in [-0.2, 0) is 6.54 Å². The van der Waals surface area contributed by atoms with Crippen LogP contribution in [0.1, 0.15) is 27.7 Å². The maximum Gasteiger partial charge on any atom is 0.338 e. The Labute approximate surface area is 164 Å². The highest BCUT2D eigenvalue weighted by Crippen LogP contribution is 2.41. The first-order valence-electron chi connectivity index (χ1n) is 9.02. The molecule has 5 rings (SSSR count). The average molecular weight is 384 g/mol. The first kappa shape index (κ1) is 17.9. The highest BCUT2D eigenvalue weighted by atomic mass is 35.5. The van der Waals surface area contributed by atoms with Gasteiger partial charge in [-0.2, -0.15) is 0 Å². The highest BCUT2D eigenvalue weighted by molar-refractivity contribution is 6.05. The van der Waals surface area contributed by atoms with Gasteiger partial charge in [-0.05, 0) is 24.7 Å². The predicted molar refractivity (Wildman–Crippen MR) is 109 cm³/mol. The summed E-state index contributed by atoms with van der Waals surface area (Å²) in [5, 5.41) is 10.9. The quantitative estimate of drug-likeness (QED) is 0.697. The van der Waals surface area contributed by atoms with Crippen LogP contribution in [0.5, 0.6) is 0 Å². The molecule has 2 aromatic carbocycles. The number of carbonyl (C=O) groups is 1. The monoisotopic (exact) mass is 383 g/mol. The molecule has 2 aliphatic rings. The number of aromatic carboxylic acids is 1. The molecule has 6 heteroatoms. The van der Waals surface area contributed by atoms with Crippen molar-refractivity contribution >= 4 is 35.0 Å². The van der Waals surface area contributed by atoms with Crippen LogP contribution < -0.4 is 4.90 Å². The molecule has 0 spiro atoms. The van der Waals surface area contributed by atoms with E-state index < -0.39 is 5.97 Å². The van der Waals surface area contributed by atoms with Crippen LogP contribution in [0.25, 0.3) is 10.9 Å². The summed E-state index contributed by atoms with van der Waals surface area (Å²) in [7, 11) is 2.11. The van der Waals surface area contributed by atoms with Gasteiger partial charge >= 0.3 is 5.97 Å². The van der Waals surface area contributed by atoms with Crippen molar-refractivity contribution in [3.8, 4) is 0 Å². The molecule has 0 aliphatic carbocycles. The summed E-state index contributed by atoms with van der Waals surface area (Å²) in [6.45, 7) is 3.41. The van der Waals surface area contributed by atoms with E-state index in [1.165, 1.54) is 11.3 Å². The SMILES string of the molecule is CN1CCN2c3ccccc3Cn3c(c(C(=O)O)c4ccccc43)C2C1.Cl. The zero-order chi connectivity index (χ0) is 17.8. The Morgan fingerprint density at radius 2 is 1.81 bits per heavy atom. The Hall–Kier alpha value is -2.50. The van der Waals surface area contributed by atoms with Crippen molar-refractivity contribution in [2.45, 2.75) is 12.6 Å². The molecular weight excluding hydrogens is 362 g/mol. The molecule has 1 fully saturated rings. The molecule has 5 nitrogen and oxygen atoms in total. The van der Waals surface area contributed by atoms with Gasteiger partial charge < -0.3 is 19.5 Å². The van der Waals surface area contributed by atoms with Crippen LogP contribution in [0.15, 0.2) is 48.5 Å². The zero-order valence-corrected chi connectivity index (χ0v) is 15.9. The van der Waals surface area contributed by atoms with E-state index in [-0.39, 0.29) is 18.4 Å². The molecule has 140 valence electrons. The number of piperazine rings is 1. The number of benzene rings is 2. The van der Waals surface area contributed by atoms with Crippen LogP contribution >= 0.6 is 12.4 Å². The van der Waals surface area contributed by atoms with E-state index >= 15 is 0 Å². The molecule has 0 amide bonds. The highest BCUT2D eigenvalue weighted by Gasteiger charge is 2.37. The molecule has 0 radical (unpaired) electrons. The number of aromatic nitrogens is 1. The van der Waals surface area contributed by atoms with Crippen molar-refractivity contribution in [2.75, 3.05) is 31.6 Å². The fourth-order valence-corrected chi connectivity index (χ4v) is 4.60. The minimum absolute atomic E-state index is 0. The second-order valence-electron chi connectivity index (χ2n) is 7.27. The van der Waals surface area contributed by atoms with E-state index in [4.69, 9.17) is 0 Å². The number of likely N-dealkylation sites (N-methyl/N-ethyl adjacent to an activating group) is 1. The second kappa shape index (κ2) is 6.59. The van der Waals surface area contributed by atoms with Crippen molar-refractivity contribution in [1.29, 1.82) is 0 Å². The van der Waals surface area contributed by atoms with Crippen LogP contribution in [-0.4, -0.2) is 47.2 Å². The van der Waals surface area contributed by atoms with Gasteiger partial charge in [0.15, 0.2) is 0 Å². The summed E-state index contributed by atoms with van der Waals surface area (Å²) < 4.78 is 2.22. The minimum atomic E-state index is -0.839. The Morgan fingerprint density at radius 1 is 1.07 bits per heavy atom. The summed E-state index contributed by atoms with van der Waals surface area (Å²) in [6.07, 6.45) is 0. The molecule has 3 aromatic rings. The Bertz CT molecular complexity index is 1030. The lowest BCUT2D eigenvalue weighted by Gasteiger charge is -2.41. The van der Waals surface area contributed by atoms with Crippen LogP contribution in [0.2, 0.25) is 0 Å². The van der Waals surface area contributed by atoms with Gasteiger partial charge in [-0.15, -0.1) is 12.4 Å². The number of halogens is 1. The van der Waals surface area contributed by atoms with E-state index in [0.717, 1.165) is 36.2 Å². The molecule has 27 heavy (non-hydrogen) atoms. The predicted octanol–water partition coefficient (Wildman–Crippen LogP) is 3.62. The topological polar surface area (TPSA) is 48.7 Å². The van der Waals surface area contributed by atoms with Gasteiger partial charge in [-0.1, -0.05) is 36.4 Å². The fraction of sp³-hybridized carbons (Fsp3) is 0.286. The smallest absolute Gasteiger partial charge is 0.338 e. The third kappa shape index (κ3) is 2.61. The van der Waals surface area contributed by atoms with Gasteiger partial charge in [0.1, 0.15) is 0 Å². The Balaban J connectivity index is 0.00000180. The third-order valence-electron chi connectivity index (χ3n) is 5.75. The summed E-state index contributed by atoms with van der Waals surface area (Å²) in [4.78, 5) is 16.9. The van der Waals surface area contributed by atoms with E-state index in [1.54, 1.807) is 0 Å². The van der Waals surface area contributed by atoms with Gasteiger partial charge in [0.2, 0.25) is 0 Å². The van der Waals surface area contributed by atoms with Gasteiger partial charge in [-0.25, -0.2) is 4.79 Å². The van der Waals surface area contributed by atoms with Crippen LogP contribution in [0.4, 0.5) is 5.69 Å². The molecule has 0 bridgehead atoms. The van der Waals surface area contributed by atoms with Crippen molar-refractivity contribution in [2.24, 2.45) is 0 Å². The molecular formula is C21H22ClN3O2. The van der Waals surface area contributed by atoms with Crippen molar-refractivity contribution in [1.82, 2.24) is 9.47 Å². The van der Waals surface area contributed by atoms with E-state index in [2.05, 4.69) is 45.7 Å². The number of fused-ring (bicyclic) bond motifs is 7. The summed E-state index contributed by atoms with van der Waals surface area (Å²) in [6, 6.07) is 16.4. The van der Waals surface area contributed by atoms with Crippen molar-refractivity contribution < 1.29 is 9.90 Å². The number of carboxylic acids is 1. The molecule has 1 unspecified atom stereocenters. The van der Waals surface area contributed by atoms with Gasteiger partial charge in [-0.3, -0.25) is 0 Å². The fourth-order valence-electron chi connectivity index (χ4n) is 4.60. The zero-order valence-electron chi connectivity index (χ0n) is 15.1. The molecule has 0 saturated carbocycles. The standard InChI is InChI=1S/C21H21N3O2.ClH/c1-22-10-11-23-16-8-4-2-6-14(16)12-24-17-9-5-3-7-15(17)19(21(25)26)20(24)18(23)13-22;/h2-9,18H,10-13H2,1H3,(H,25,26);1H. The largest absolute Gasteiger partial charge is 0.478 e. The molecule has 3 heterocycles. The first-order valence-corrected chi connectivity index (χ1v) is 9.02. The number of nitrogens with zero attached hydrogens (tertiary/aromatic N) is 3. The van der Waals surface area contributed by atoms with E-state index in [0.29, 0.717) is 12.1 Å². The third-order valence-corrected chi connectivity index (χ3v) is 5.75. The number of anilines is 1. The number of hydrogen-bond donors (Lipinski definition) is 1. The normalized spacial score (nSPS) is 18.9. The molecule has 2 aliphatic heterocycles. The Kier molecular flexibility index (Phi) is 4.36. The molecule has 1 N–H and O–H groups in total. The van der Waals surface area contributed by atoms with E-state index in [9.17, 15) is 9.90 Å². The summed E-state index contributed by atoms with van der Waals surface area (Å²) >= 11 is 0. The van der Waals surface area contributed by atoms with Gasteiger partial charge in [0.05, 0.1) is 17.3 Å². The maximum atomic E-state index is 12.2. The van der Waals surface area contributed by atoms with Crippen molar-refractivity contribution in [3.63, 3.8) is 0 Å². The molecule has 1 atom stereocenters. The Morgan fingerprint density at radius 3 is 2.63 bits per heavy atom. The molecule has 1 saturated heterocycles. The van der Waals surface area contributed by atoms with Gasteiger partial charge in [0, 0.05) is 42.8 Å². The average Bonchev–Trinajstić information content (AvgIpc) is 2.89. The lowest BCUT2D eigenvalue weighted by molar-refractivity contribution is 0.0696.